The molecule has 2 fully saturated rings. The fourth-order valence-corrected chi connectivity index (χ4v) is 5.88. The molecule has 2 aliphatic rings. The molecule has 1 spiro atoms. The molecule has 0 aliphatic carbocycles. The molecule has 3 aromatic rings. The Kier molecular flexibility index (Phi) is 5.83. The number of pyridine rings is 1. The van der Waals surface area contributed by atoms with Crippen LogP contribution in [-0.2, 0) is 20.0 Å². The van der Waals surface area contributed by atoms with Crippen molar-refractivity contribution < 1.29 is 5.11 Å². The number of piperidine rings is 1. The zero-order valence-electron chi connectivity index (χ0n) is 18.6. The zero-order valence-corrected chi connectivity index (χ0v) is 18.6. The molecule has 5 rings (SSSR count). The van der Waals surface area contributed by atoms with Gasteiger partial charge in [-0.1, -0.05) is 30.3 Å². The summed E-state index contributed by atoms with van der Waals surface area (Å²) >= 11 is 0. The highest BCUT2D eigenvalue weighted by molar-refractivity contribution is 5.80. The Morgan fingerprint density at radius 1 is 1.06 bits per heavy atom. The Bertz CT molecular complexity index is 1010. The van der Waals surface area contributed by atoms with Gasteiger partial charge in [-0.2, -0.15) is 0 Å². The maximum atomic E-state index is 10.2. The van der Waals surface area contributed by atoms with Crippen molar-refractivity contribution in [3.8, 4) is 0 Å². The van der Waals surface area contributed by atoms with Crippen molar-refractivity contribution in [2.75, 3.05) is 39.3 Å². The third-order valence-corrected chi connectivity index (χ3v) is 7.73. The Balaban J connectivity index is 1.21. The summed E-state index contributed by atoms with van der Waals surface area (Å²) in [4.78, 5) is 9.72. The number of aromatic nitrogens is 2. The highest BCUT2D eigenvalue weighted by Crippen LogP contribution is 2.44. The minimum atomic E-state index is 0.280. The number of benzene rings is 1. The van der Waals surface area contributed by atoms with Crippen LogP contribution < -0.4 is 0 Å². The van der Waals surface area contributed by atoms with Crippen LogP contribution in [0.25, 0.3) is 11.0 Å². The first-order chi connectivity index (χ1) is 15.2. The number of rotatable bonds is 6. The van der Waals surface area contributed by atoms with Crippen molar-refractivity contribution in [2.45, 2.75) is 25.8 Å². The smallest absolute Gasteiger partial charge is 0.139 e. The quantitative estimate of drug-likeness (QED) is 0.667. The molecule has 2 aliphatic heterocycles. The van der Waals surface area contributed by atoms with Gasteiger partial charge in [-0.3, -0.25) is 4.90 Å². The van der Waals surface area contributed by atoms with Crippen LogP contribution in [0, 0.1) is 11.3 Å². The molecular weight excluding hydrogens is 384 g/mol. The van der Waals surface area contributed by atoms with Crippen molar-refractivity contribution in [3.63, 3.8) is 0 Å². The number of hydrogen-bond acceptors (Lipinski definition) is 4. The van der Waals surface area contributed by atoms with E-state index in [0.717, 1.165) is 51.3 Å². The van der Waals surface area contributed by atoms with Crippen LogP contribution in [-0.4, -0.2) is 63.8 Å². The molecule has 1 N–H and O–H groups in total. The Hall–Kier alpha value is -2.21. The molecule has 5 heteroatoms. The van der Waals surface area contributed by atoms with Gasteiger partial charge in [-0.05, 0) is 61.0 Å². The van der Waals surface area contributed by atoms with Crippen LogP contribution >= 0.6 is 0 Å². The lowest BCUT2D eigenvalue weighted by molar-refractivity contribution is 0.0485. The van der Waals surface area contributed by atoms with E-state index in [1.807, 2.05) is 12.3 Å². The normalized spacial score (nSPS) is 21.9. The minimum absolute atomic E-state index is 0.280. The number of aryl methyl sites for hydroxylation is 1. The summed E-state index contributed by atoms with van der Waals surface area (Å²) in [5, 5.41) is 11.4. The number of fused-ring (bicyclic) bond motifs is 1. The molecule has 0 radical (unpaired) electrons. The molecule has 1 unspecified atom stereocenters. The van der Waals surface area contributed by atoms with Crippen LogP contribution in [0.1, 0.15) is 24.0 Å². The van der Waals surface area contributed by atoms with Crippen molar-refractivity contribution in [1.29, 1.82) is 0 Å². The summed E-state index contributed by atoms with van der Waals surface area (Å²) in [6.07, 6.45) is 7.57. The lowest BCUT2D eigenvalue weighted by atomic mass is 9.71. The highest BCUT2D eigenvalue weighted by Gasteiger charge is 2.47. The standard InChI is InChI=1S/C26H34N4O/c1-28-16-22(24-8-5-12-27-25(24)28)17-29-14-10-26(11-15-29)20-30(18-23(26)19-31)13-9-21-6-3-2-4-7-21/h2-8,12,16,23,31H,9-11,13-15,17-20H2,1H3. The van der Waals surface area contributed by atoms with Gasteiger partial charge in [0.15, 0.2) is 0 Å². The van der Waals surface area contributed by atoms with Crippen LogP contribution in [0.3, 0.4) is 0 Å². The van der Waals surface area contributed by atoms with E-state index < -0.39 is 0 Å². The number of nitrogens with zero attached hydrogens (tertiary/aromatic N) is 4. The number of aliphatic hydroxyl groups excluding tert-OH is 1. The van der Waals surface area contributed by atoms with Gasteiger partial charge < -0.3 is 14.6 Å². The molecule has 0 amide bonds. The van der Waals surface area contributed by atoms with Gasteiger partial charge in [-0.25, -0.2) is 4.98 Å². The second-order valence-electron chi connectivity index (χ2n) is 9.63. The molecule has 1 atom stereocenters. The second-order valence-corrected chi connectivity index (χ2v) is 9.63. The van der Waals surface area contributed by atoms with Gasteiger partial charge in [0.2, 0.25) is 0 Å². The maximum Gasteiger partial charge on any atom is 0.139 e. The SMILES string of the molecule is Cn1cc(CN2CCC3(CC2)CN(CCc2ccccc2)CC3CO)c2cccnc21. The molecule has 2 aromatic heterocycles. The van der Waals surface area contributed by atoms with E-state index in [0.29, 0.717) is 12.5 Å². The summed E-state index contributed by atoms with van der Waals surface area (Å²) in [6.45, 7) is 6.79. The van der Waals surface area contributed by atoms with E-state index in [-0.39, 0.29) is 5.41 Å². The van der Waals surface area contributed by atoms with Crippen LogP contribution in [0.2, 0.25) is 0 Å². The summed E-state index contributed by atoms with van der Waals surface area (Å²) in [7, 11) is 2.08. The average Bonchev–Trinajstić information content (AvgIpc) is 3.32. The van der Waals surface area contributed by atoms with E-state index in [1.165, 1.54) is 29.4 Å². The van der Waals surface area contributed by atoms with Gasteiger partial charge >= 0.3 is 0 Å². The summed E-state index contributed by atoms with van der Waals surface area (Å²) in [5.74, 6) is 0.409. The average molecular weight is 419 g/mol. The molecule has 31 heavy (non-hydrogen) atoms. The highest BCUT2D eigenvalue weighted by atomic mass is 16.3. The van der Waals surface area contributed by atoms with Crippen molar-refractivity contribution in [2.24, 2.45) is 18.4 Å². The third kappa shape index (κ3) is 4.14. The largest absolute Gasteiger partial charge is 0.396 e. The predicted octanol–water partition coefficient (Wildman–Crippen LogP) is 3.32. The van der Waals surface area contributed by atoms with E-state index >= 15 is 0 Å². The lowest BCUT2D eigenvalue weighted by Crippen LogP contribution is -2.44. The lowest BCUT2D eigenvalue weighted by Gasteiger charge is -2.42. The topological polar surface area (TPSA) is 44.5 Å². The van der Waals surface area contributed by atoms with E-state index in [9.17, 15) is 5.11 Å². The van der Waals surface area contributed by atoms with Gasteiger partial charge in [0.1, 0.15) is 5.65 Å². The fraction of sp³-hybridized carbons (Fsp3) is 0.500. The van der Waals surface area contributed by atoms with Crippen molar-refractivity contribution >= 4 is 11.0 Å². The minimum Gasteiger partial charge on any atom is -0.396 e. The van der Waals surface area contributed by atoms with Crippen molar-refractivity contribution in [1.82, 2.24) is 19.4 Å². The van der Waals surface area contributed by atoms with Crippen LogP contribution in [0.4, 0.5) is 0 Å². The molecule has 2 saturated heterocycles. The number of hydrogen-bond donors (Lipinski definition) is 1. The molecule has 1 aromatic carbocycles. The van der Waals surface area contributed by atoms with Gasteiger partial charge in [-0.15, -0.1) is 0 Å². The summed E-state index contributed by atoms with van der Waals surface area (Å²) in [6, 6.07) is 15.0. The number of likely N-dealkylation sites (tertiary alicyclic amines) is 2. The molecule has 4 heterocycles. The Morgan fingerprint density at radius 2 is 1.87 bits per heavy atom. The van der Waals surface area contributed by atoms with Gasteiger partial charge in [0, 0.05) is 63.5 Å². The molecule has 0 saturated carbocycles. The summed E-state index contributed by atoms with van der Waals surface area (Å²) < 4.78 is 2.14. The first-order valence-electron chi connectivity index (χ1n) is 11.7. The molecule has 5 nitrogen and oxygen atoms in total. The summed E-state index contributed by atoms with van der Waals surface area (Å²) in [5.41, 5.74) is 4.12. The third-order valence-electron chi connectivity index (χ3n) is 7.73. The molecule has 164 valence electrons. The molecule has 0 bridgehead atoms. The van der Waals surface area contributed by atoms with Gasteiger partial charge in [0.25, 0.3) is 0 Å². The Labute approximate surface area is 185 Å². The van der Waals surface area contributed by atoms with E-state index in [4.69, 9.17) is 0 Å². The molecular formula is C26H34N4O. The van der Waals surface area contributed by atoms with Crippen molar-refractivity contribution in [3.05, 3.63) is 66.0 Å². The van der Waals surface area contributed by atoms with E-state index in [2.05, 4.69) is 69.0 Å². The van der Waals surface area contributed by atoms with Crippen LogP contribution in [0.15, 0.2) is 54.9 Å². The predicted molar refractivity (Wildman–Crippen MR) is 125 cm³/mol. The van der Waals surface area contributed by atoms with Crippen LogP contribution in [0.5, 0.6) is 0 Å². The first-order valence-corrected chi connectivity index (χ1v) is 11.7. The maximum absolute atomic E-state index is 10.2. The number of aliphatic hydroxyl groups is 1. The van der Waals surface area contributed by atoms with Gasteiger partial charge in [0.05, 0.1) is 0 Å². The zero-order chi connectivity index (χ0) is 21.3. The monoisotopic (exact) mass is 418 g/mol. The fourth-order valence-electron chi connectivity index (χ4n) is 5.88. The van der Waals surface area contributed by atoms with E-state index in [1.54, 1.807) is 0 Å². The Morgan fingerprint density at radius 3 is 2.65 bits per heavy atom. The second kappa shape index (κ2) is 8.73. The first kappa shape index (κ1) is 20.7.